The van der Waals surface area contributed by atoms with Crippen LogP contribution in [0.5, 0.6) is 0 Å². The lowest BCUT2D eigenvalue weighted by molar-refractivity contribution is -0.131. The largest absolute Gasteiger partial charge is 0.393 e. The van der Waals surface area contributed by atoms with Gasteiger partial charge < -0.3 is 15.2 Å². The molecule has 0 saturated carbocycles. The highest BCUT2D eigenvalue weighted by Crippen LogP contribution is 2.04. The third kappa shape index (κ3) is 7.33. The number of hydrogen-bond donors (Lipinski definition) is 2. The molecule has 15 heavy (non-hydrogen) atoms. The average molecular weight is 217 g/mol. The lowest BCUT2D eigenvalue weighted by atomic mass is 10.0. The predicted molar refractivity (Wildman–Crippen MR) is 59.6 cm³/mol. The molecule has 0 aromatic heterocycles. The summed E-state index contributed by atoms with van der Waals surface area (Å²) in [7, 11) is 0. The molecule has 0 spiro atoms. The Morgan fingerprint density at radius 2 is 2.00 bits per heavy atom. The molecule has 0 aliphatic rings. The first-order valence-electron chi connectivity index (χ1n) is 5.54. The predicted octanol–water partition coefficient (Wildman–Crippen LogP) is 0.935. The maximum absolute atomic E-state index is 11.4. The molecule has 3 atom stereocenters. The van der Waals surface area contributed by atoms with E-state index in [-0.39, 0.29) is 17.9 Å². The molecule has 0 saturated heterocycles. The Hall–Kier alpha value is -0.610. The fraction of sp³-hybridized carbons (Fsp3) is 0.909. The Labute approximate surface area is 92.0 Å². The zero-order chi connectivity index (χ0) is 11.8. The first-order valence-corrected chi connectivity index (χ1v) is 5.54. The van der Waals surface area contributed by atoms with E-state index in [4.69, 9.17) is 9.84 Å². The molecule has 0 heterocycles. The van der Waals surface area contributed by atoms with Crippen LogP contribution in [-0.4, -0.2) is 36.4 Å². The maximum Gasteiger partial charge on any atom is 0.248 e. The van der Waals surface area contributed by atoms with Crippen LogP contribution in [-0.2, 0) is 9.53 Å². The Kier molecular flexibility index (Phi) is 7.34. The molecule has 4 heteroatoms. The number of amides is 1. The van der Waals surface area contributed by atoms with Gasteiger partial charge in [-0.2, -0.15) is 0 Å². The number of aliphatic hydroxyl groups is 1. The van der Waals surface area contributed by atoms with Crippen molar-refractivity contribution < 1.29 is 14.6 Å². The first kappa shape index (κ1) is 14.4. The number of hydrogen-bond acceptors (Lipinski definition) is 3. The summed E-state index contributed by atoms with van der Waals surface area (Å²) < 4.78 is 5.16. The molecule has 2 N–H and O–H groups in total. The SMILES string of the molecule is CCOC(C)C(=O)NCC(C)CC(C)O. The van der Waals surface area contributed by atoms with E-state index in [0.717, 1.165) is 0 Å². The number of rotatable bonds is 7. The molecule has 0 aliphatic heterocycles. The molecule has 3 unspecified atom stereocenters. The van der Waals surface area contributed by atoms with Gasteiger partial charge in [-0.05, 0) is 33.1 Å². The summed E-state index contributed by atoms with van der Waals surface area (Å²) in [5.41, 5.74) is 0. The standard InChI is InChI=1S/C11H23NO3/c1-5-15-10(4)11(14)12-7-8(2)6-9(3)13/h8-10,13H,5-7H2,1-4H3,(H,12,14). The highest BCUT2D eigenvalue weighted by Gasteiger charge is 2.13. The molecule has 0 aromatic carbocycles. The van der Waals surface area contributed by atoms with E-state index in [1.165, 1.54) is 0 Å². The summed E-state index contributed by atoms with van der Waals surface area (Å²) >= 11 is 0. The van der Waals surface area contributed by atoms with Crippen molar-refractivity contribution in [3.05, 3.63) is 0 Å². The van der Waals surface area contributed by atoms with Gasteiger partial charge in [-0.15, -0.1) is 0 Å². The Balaban J connectivity index is 3.70. The van der Waals surface area contributed by atoms with Gasteiger partial charge in [-0.25, -0.2) is 0 Å². The molecular formula is C11H23NO3. The minimum Gasteiger partial charge on any atom is -0.393 e. The molecule has 0 rings (SSSR count). The molecule has 0 fully saturated rings. The Morgan fingerprint density at radius 3 is 2.47 bits per heavy atom. The van der Waals surface area contributed by atoms with Gasteiger partial charge in [0.25, 0.3) is 0 Å². The second-order valence-corrected chi connectivity index (χ2v) is 4.03. The van der Waals surface area contributed by atoms with Crippen molar-refractivity contribution in [1.82, 2.24) is 5.32 Å². The minimum absolute atomic E-state index is 0.0886. The quantitative estimate of drug-likeness (QED) is 0.667. The van der Waals surface area contributed by atoms with Crippen LogP contribution in [0.2, 0.25) is 0 Å². The third-order valence-corrected chi connectivity index (χ3v) is 2.15. The van der Waals surface area contributed by atoms with Crippen LogP contribution in [0, 0.1) is 5.92 Å². The average Bonchev–Trinajstić information content (AvgIpc) is 2.13. The number of aliphatic hydroxyl groups excluding tert-OH is 1. The zero-order valence-electron chi connectivity index (χ0n) is 10.1. The summed E-state index contributed by atoms with van der Waals surface area (Å²) in [5.74, 6) is 0.192. The summed E-state index contributed by atoms with van der Waals surface area (Å²) in [5, 5.41) is 11.9. The van der Waals surface area contributed by atoms with Crippen LogP contribution in [0.25, 0.3) is 0 Å². The van der Waals surface area contributed by atoms with Crippen molar-refractivity contribution in [1.29, 1.82) is 0 Å². The van der Waals surface area contributed by atoms with E-state index >= 15 is 0 Å². The maximum atomic E-state index is 11.4. The van der Waals surface area contributed by atoms with Crippen LogP contribution < -0.4 is 5.32 Å². The van der Waals surface area contributed by atoms with Gasteiger partial charge in [0.05, 0.1) is 6.10 Å². The smallest absolute Gasteiger partial charge is 0.248 e. The van der Waals surface area contributed by atoms with Gasteiger partial charge in [0.15, 0.2) is 0 Å². The van der Waals surface area contributed by atoms with Gasteiger partial charge >= 0.3 is 0 Å². The first-order chi connectivity index (χ1) is 6.97. The molecule has 0 aromatic rings. The van der Waals surface area contributed by atoms with Crippen molar-refractivity contribution in [2.24, 2.45) is 5.92 Å². The van der Waals surface area contributed by atoms with Crippen molar-refractivity contribution >= 4 is 5.91 Å². The summed E-state index contributed by atoms with van der Waals surface area (Å²) in [4.78, 5) is 11.4. The van der Waals surface area contributed by atoms with Crippen molar-refractivity contribution in [3.8, 4) is 0 Å². The van der Waals surface area contributed by atoms with E-state index < -0.39 is 6.10 Å². The molecule has 90 valence electrons. The molecule has 0 aliphatic carbocycles. The Morgan fingerprint density at radius 1 is 1.40 bits per heavy atom. The van der Waals surface area contributed by atoms with Gasteiger partial charge in [-0.1, -0.05) is 6.92 Å². The second-order valence-electron chi connectivity index (χ2n) is 4.03. The van der Waals surface area contributed by atoms with E-state index in [1.54, 1.807) is 13.8 Å². The number of ether oxygens (including phenoxy) is 1. The summed E-state index contributed by atoms with van der Waals surface area (Å²) in [6.45, 7) is 8.47. The normalized spacial score (nSPS) is 16.9. The minimum atomic E-state index is -0.395. The van der Waals surface area contributed by atoms with Crippen molar-refractivity contribution in [2.75, 3.05) is 13.2 Å². The molecule has 1 amide bonds. The van der Waals surface area contributed by atoms with Gasteiger partial charge in [0, 0.05) is 13.2 Å². The van der Waals surface area contributed by atoms with Crippen molar-refractivity contribution in [2.45, 2.75) is 46.3 Å². The fourth-order valence-electron chi connectivity index (χ4n) is 1.41. The summed E-state index contributed by atoms with van der Waals surface area (Å²) in [6, 6.07) is 0. The third-order valence-electron chi connectivity index (χ3n) is 2.15. The molecule has 4 nitrogen and oxygen atoms in total. The lowest BCUT2D eigenvalue weighted by Gasteiger charge is -2.16. The molecule has 0 radical (unpaired) electrons. The van der Waals surface area contributed by atoms with Gasteiger partial charge in [0.1, 0.15) is 6.10 Å². The van der Waals surface area contributed by atoms with Crippen LogP contribution in [0.4, 0.5) is 0 Å². The van der Waals surface area contributed by atoms with Crippen molar-refractivity contribution in [3.63, 3.8) is 0 Å². The van der Waals surface area contributed by atoms with Crippen LogP contribution in [0.3, 0.4) is 0 Å². The fourth-order valence-corrected chi connectivity index (χ4v) is 1.41. The van der Waals surface area contributed by atoms with Gasteiger partial charge in [0.2, 0.25) is 5.91 Å². The monoisotopic (exact) mass is 217 g/mol. The van der Waals surface area contributed by atoms with E-state index in [0.29, 0.717) is 19.6 Å². The van der Waals surface area contributed by atoms with E-state index in [1.807, 2.05) is 13.8 Å². The van der Waals surface area contributed by atoms with Crippen LogP contribution in [0.1, 0.15) is 34.1 Å². The molecule has 0 bridgehead atoms. The van der Waals surface area contributed by atoms with E-state index in [2.05, 4.69) is 5.32 Å². The number of carbonyl (C=O) groups is 1. The number of nitrogens with one attached hydrogen (secondary N) is 1. The van der Waals surface area contributed by atoms with Crippen LogP contribution in [0.15, 0.2) is 0 Å². The van der Waals surface area contributed by atoms with Gasteiger partial charge in [-0.3, -0.25) is 4.79 Å². The van der Waals surface area contributed by atoms with E-state index in [9.17, 15) is 4.79 Å². The lowest BCUT2D eigenvalue weighted by Crippen LogP contribution is -2.37. The highest BCUT2D eigenvalue weighted by molar-refractivity contribution is 5.80. The Bertz CT molecular complexity index is 183. The highest BCUT2D eigenvalue weighted by atomic mass is 16.5. The topological polar surface area (TPSA) is 58.6 Å². The number of carbonyl (C=O) groups excluding carboxylic acids is 1. The second kappa shape index (κ2) is 7.65. The molecular weight excluding hydrogens is 194 g/mol. The summed E-state index contributed by atoms with van der Waals surface area (Å²) in [6.07, 6.45) is -0.0153. The van der Waals surface area contributed by atoms with Crippen LogP contribution >= 0.6 is 0 Å². The zero-order valence-corrected chi connectivity index (χ0v) is 10.1.